The lowest BCUT2D eigenvalue weighted by Crippen LogP contribution is -2.46. The van der Waals surface area contributed by atoms with E-state index >= 15 is 0 Å². The molecule has 0 bridgehead atoms. The molecule has 2 aliphatic rings. The maximum absolute atomic E-state index is 13.1. The minimum atomic E-state index is -0.585. The lowest BCUT2D eigenvalue weighted by molar-refractivity contribution is -0.126. The molecule has 6 heteroatoms. The number of para-hydroxylation sites is 1. The van der Waals surface area contributed by atoms with Gasteiger partial charge in [-0.05, 0) is 48.7 Å². The minimum Gasteiger partial charge on any atom is -0.497 e. The molecule has 0 aliphatic carbocycles. The molecule has 2 heterocycles. The average molecular weight is 376 g/mol. The number of imide groups is 1. The van der Waals surface area contributed by atoms with Crippen LogP contribution < -0.4 is 9.64 Å². The SMILES string of the molecule is COc1ccc(/C=C/C(=O)N2C(=O)[C@H]3CCCN3C(=O)c3ccccc32)cc1. The molecule has 0 aromatic heterocycles. The predicted molar refractivity (Wildman–Crippen MR) is 105 cm³/mol. The molecule has 3 amide bonds. The van der Waals surface area contributed by atoms with Crippen molar-refractivity contribution >= 4 is 29.5 Å². The van der Waals surface area contributed by atoms with Gasteiger partial charge < -0.3 is 9.64 Å². The third-order valence-corrected chi connectivity index (χ3v) is 5.15. The number of hydrogen-bond donors (Lipinski definition) is 0. The Hall–Kier alpha value is -3.41. The van der Waals surface area contributed by atoms with Gasteiger partial charge in [0.15, 0.2) is 0 Å². The van der Waals surface area contributed by atoms with Crippen LogP contribution in [0.2, 0.25) is 0 Å². The van der Waals surface area contributed by atoms with Crippen molar-refractivity contribution in [3.05, 3.63) is 65.7 Å². The van der Waals surface area contributed by atoms with Crippen molar-refractivity contribution in [3.8, 4) is 5.75 Å². The first-order chi connectivity index (χ1) is 13.6. The second-order valence-corrected chi connectivity index (χ2v) is 6.79. The molecule has 1 fully saturated rings. The number of anilines is 1. The summed E-state index contributed by atoms with van der Waals surface area (Å²) >= 11 is 0. The maximum atomic E-state index is 13.1. The van der Waals surface area contributed by atoms with Gasteiger partial charge in [0.2, 0.25) is 0 Å². The van der Waals surface area contributed by atoms with Gasteiger partial charge >= 0.3 is 0 Å². The Morgan fingerprint density at radius 3 is 2.61 bits per heavy atom. The quantitative estimate of drug-likeness (QED) is 0.773. The Labute approximate surface area is 163 Å². The summed E-state index contributed by atoms with van der Waals surface area (Å²) in [5, 5.41) is 0. The predicted octanol–water partition coefficient (Wildman–Crippen LogP) is 2.89. The van der Waals surface area contributed by atoms with E-state index in [1.54, 1.807) is 54.5 Å². The first kappa shape index (κ1) is 18.0. The van der Waals surface area contributed by atoms with Crippen molar-refractivity contribution in [1.82, 2.24) is 4.90 Å². The Balaban J connectivity index is 1.68. The van der Waals surface area contributed by atoms with E-state index in [0.717, 1.165) is 22.6 Å². The number of methoxy groups -OCH3 is 1. The summed E-state index contributed by atoms with van der Waals surface area (Å²) < 4.78 is 5.13. The van der Waals surface area contributed by atoms with Crippen LogP contribution in [-0.4, -0.2) is 42.3 Å². The van der Waals surface area contributed by atoms with Crippen LogP contribution in [0.25, 0.3) is 6.08 Å². The van der Waals surface area contributed by atoms with E-state index in [-0.39, 0.29) is 11.8 Å². The lowest BCUT2D eigenvalue weighted by Gasteiger charge is -2.23. The van der Waals surface area contributed by atoms with E-state index in [2.05, 4.69) is 0 Å². The Morgan fingerprint density at radius 2 is 1.86 bits per heavy atom. The number of benzene rings is 2. The molecule has 0 unspecified atom stereocenters. The molecule has 2 aromatic carbocycles. The smallest absolute Gasteiger partial charge is 0.257 e. The zero-order valence-corrected chi connectivity index (χ0v) is 15.5. The molecule has 0 radical (unpaired) electrons. The van der Waals surface area contributed by atoms with Crippen LogP contribution in [0.5, 0.6) is 5.75 Å². The summed E-state index contributed by atoms with van der Waals surface area (Å²) in [7, 11) is 1.59. The zero-order valence-electron chi connectivity index (χ0n) is 15.5. The highest BCUT2D eigenvalue weighted by Crippen LogP contribution is 2.32. The number of rotatable bonds is 3. The van der Waals surface area contributed by atoms with Gasteiger partial charge in [-0.3, -0.25) is 14.4 Å². The van der Waals surface area contributed by atoms with Crippen molar-refractivity contribution in [1.29, 1.82) is 0 Å². The monoisotopic (exact) mass is 376 g/mol. The van der Waals surface area contributed by atoms with Crippen molar-refractivity contribution in [2.75, 3.05) is 18.6 Å². The molecule has 0 saturated carbocycles. The molecule has 1 saturated heterocycles. The highest BCUT2D eigenvalue weighted by molar-refractivity contribution is 6.25. The normalized spacial score (nSPS) is 18.8. The van der Waals surface area contributed by atoms with Gasteiger partial charge in [0.25, 0.3) is 17.7 Å². The largest absolute Gasteiger partial charge is 0.497 e. The van der Waals surface area contributed by atoms with Crippen molar-refractivity contribution in [2.45, 2.75) is 18.9 Å². The lowest BCUT2D eigenvalue weighted by atomic mass is 10.1. The van der Waals surface area contributed by atoms with E-state index in [1.807, 2.05) is 12.1 Å². The minimum absolute atomic E-state index is 0.194. The highest BCUT2D eigenvalue weighted by atomic mass is 16.5. The van der Waals surface area contributed by atoms with E-state index in [0.29, 0.717) is 24.2 Å². The number of carbonyl (C=O) groups is 3. The van der Waals surface area contributed by atoms with Crippen LogP contribution in [0, 0.1) is 0 Å². The van der Waals surface area contributed by atoms with Crippen molar-refractivity contribution in [2.24, 2.45) is 0 Å². The number of nitrogens with zero attached hydrogens (tertiary/aromatic N) is 2. The number of carbonyl (C=O) groups excluding carboxylic acids is 3. The molecule has 1 atom stereocenters. The zero-order chi connectivity index (χ0) is 19.7. The molecular formula is C22H20N2O4. The molecular weight excluding hydrogens is 356 g/mol. The fourth-order valence-electron chi connectivity index (χ4n) is 3.72. The molecule has 6 nitrogen and oxygen atoms in total. The standard InChI is InChI=1S/C22H20N2O4/c1-28-16-11-8-15(9-12-16)10-13-20(25)24-18-6-3-2-5-17(18)21(26)23-14-4-7-19(23)22(24)27/h2-3,5-6,8-13,19H,4,7,14H2,1H3/b13-10+/t19-/m1/s1. The Morgan fingerprint density at radius 1 is 1.11 bits per heavy atom. The van der Waals surface area contributed by atoms with Crippen LogP contribution >= 0.6 is 0 Å². The molecule has 4 rings (SSSR count). The second-order valence-electron chi connectivity index (χ2n) is 6.79. The summed E-state index contributed by atoms with van der Waals surface area (Å²) in [6.45, 7) is 0.535. The van der Waals surface area contributed by atoms with Gasteiger partial charge in [-0.15, -0.1) is 0 Å². The van der Waals surface area contributed by atoms with E-state index in [9.17, 15) is 14.4 Å². The summed E-state index contributed by atoms with van der Waals surface area (Å²) in [5.74, 6) is -0.282. The van der Waals surface area contributed by atoms with E-state index < -0.39 is 11.9 Å². The fraction of sp³-hybridized carbons (Fsp3) is 0.227. The topological polar surface area (TPSA) is 66.9 Å². The summed E-state index contributed by atoms with van der Waals surface area (Å²) in [6.07, 6.45) is 4.35. The third-order valence-electron chi connectivity index (χ3n) is 5.15. The number of amides is 3. The van der Waals surface area contributed by atoms with E-state index in [1.165, 1.54) is 6.08 Å². The van der Waals surface area contributed by atoms with Crippen LogP contribution in [0.15, 0.2) is 54.6 Å². The van der Waals surface area contributed by atoms with Crippen molar-refractivity contribution in [3.63, 3.8) is 0 Å². The van der Waals surface area contributed by atoms with Gasteiger partial charge in [-0.2, -0.15) is 0 Å². The summed E-state index contributed by atoms with van der Waals surface area (Å²) in [4.78, 5) is 41.7. The maximum Gasteiger partial charge on any atom is 0.257 e. The Kier molecular flexibility index (Phi) is 4.69. The van der Waals surface area contributed by atoms with Crippen LogP contribution in [0.1, 0.15) is 28.8 Å². The third kappa shape index (κ3) is 3.07. The molecule has 142 valence electrons. The highest BCUT2D eigenvalue weighted by Gasteiger charge is 2.43. The fourth-order valence-corrected chi connectivity index (χ4v) is 3.72. The molecule has 28 heavy (non-hydrogen) atoms. The van der Waals surface area contributed by atoms with Gasteiger partial charge in [0.1, 0.15) is 11.8 Å². The first-order valence-corrected chi connectivity index (χ1v) is 9.20. The average Bonchev–Trinajstić information content (AvgIpc) is 3.19. The van der Waals surface area contributed by atoms with Gasteiger partial charge in [0, 0.05) is 12.6 Å². The molecule has 2 aliphatic heterocycles. The van der Waals surface area contributed by atoms with Gasteiger partial charge in [0.05, 0.1) is 18.4 Å². The van der Waals surface area contributed by atoms with Gasteiger partial charge in [-0.1, -0.05) is 24.3 Å². The molecule has 0 N–H and O–H groups in total. The Bertz CT molecular complexity index is 965. The summed E-state index contributed by atoms with van der Waals surface area (Å²) in [6, 6.07) is 13.4. The van der Waals surface area contributed by atoms with Crippen LogP contribution in [0.4, 0.5) is 5.69 Å². The van der Waals surface area contributed by atoms with Crippen LogP contribution in [-0.2, 0) is 9.59 Å². The van der Waals surface area contributed by atoms with Crippen molar-refractivity contribution < 1.29 is 19.1 Å². The van der Waals surface area contributed by atoms with Gasteiger partial charge in [-0.25, -0.2) is 4.90 Å². The van der Waals surface area contributed by atoms with E-state index in [4.69, 9.17) is 4.74 Å². The number of ether oxygens (including phenoxy) is 1. The molecule has 2 aromatic rings. The number of hydrogen-bond acceptors (Lipinski definition) is 4. The number of fused-ring (bicyclic) bond motifs is 2. The van der Waals surface area contributed by atoms with Crippen LogP contribution in [0.3, 0.4) is 0 Å². The summed E-state index contributed by atoms with van der Waals surface area (Å²) in [5.41, 5.74) is 1.53. The second kappa shape index (κ2) is 7.31. The first-order valence-electron chi connectivity index (χ1n) is 9.20. The molecule has 0 spiro atoms.